The van der Waals surface area contributed by atoms with Gasteiger partial charge in [0.05, 0.1) is 5.52 Å². The summed E-state index contributed by atoms with van der Waals surface area (Å²) in [6.45, 7) is 7.93. The second-order valence-corrected chi connectivity index (χ2v) is 8.44. The maximum absolute atomic E-state index is 12.9. The fourth-order valence-electron chi connectivity index (χ4n) is 4.38. The molecule has 1 aliphatic heterocycles. The van der Waals surface area contributed by atoms with Gasteiger partial charge in [-0.05, 0) is 68.0 Å². The number of hydrogen-bond donors (Lipinski definition) is 1. The summed E-state index contributed by atoms with van der Waals surface area (Å²) in [6, 6.07) is 13.6. The maximum atomic E-state index is 12.9. The minimum atomic E-state index is -0.391. The van der Waals surface area contributed by atoms with E-state index in [1.54, 1.807) is 0 Å². The van der Waals surface area contributed by atoms with Crippen LogP contribution in [0.25, 0.3) is 10.9 Å². The smallest absolute Gasteiger partial charge is 0.350 e. The minimum Gasteiger partial charge on any atom is -0.356 e. The van der Waals surface area contributed by atoms with E-state index in [2.05, 4.69) is 28.2 Å². The number of nitrogens with one attached hydrogen (secondary N) is 1. The lowest BCUT2D eigenvalue weighted by Crippen LogP contribution is -2.38. The summed E-state index contributed by atoms with van der Waals surface area (Å²) in [5.41, 5.74) is 3.24. The minimum absolute atomic E-state index is 0.0734. The second kappa shape index (κ2) is 8.30. The van der Waals surface area contributed by atoms with Crippen molar-refractivity contribution in [3.05, 3.63) is 64.1 Å². The molecule has 3 aromatic rings. The molecule has 30 heavy (non-hydrogen) atoms. The molecule has 0 aliphatic carbocycles. The van der Waals surface area contributed by atoms with Gasteiger partial charge in [-0.25, -0.2) is 4.79 Å². The molecule has 0 spiro atoms. The monoisotopic (exact) mass is 404 g/mol. The van der Waals surface area contributed by atoms with Crippen molar-refractivity contribution in [2.45, 2.75) is 40.2 Å². The van der Waals surface area contributed by atoms with Gasteiger partial charge in [0.25, 0.3) is 0 Å². The van der Waals surface area contributed by atoms with Crippen LogP contribution in [0.2, 0.25) is 0 Å². The van der Waals surface area contributed by atoms with Crippen LogP contribution >= 0.6 is 0 Å². The summed E-state index contributed by atoms with van der Waals surface area (Å²) < 4.78 is 1.46. The van der Waals surface area contributed by atoms with Crippen LogP contribution in [-0.2, 0) is 11.3 Å². The van der Waals surface area contributed by atoms with Crippen molar-refractivity contribution in [3.8, 4) is 0 Å². The molecular formula is C24H28N4O2. The number of benzene rings is 2. The van der Waals surface area contributed by atoms with Crippen molar-refractivity contribution >= 4 is 28.3 Å². The van der Waals surface area contributed by atoms with Gasteiger partial charge in [0, 0.05) is 24.2 Å². The summed E-state index contributed by atoms with van der Waals surface area (Å²) in [5.74, 6) is 1.06. The Morgan fingerprint density at radius 1 is 1.17 bits per heavy atom. The topological polar surface area (TPSA) is 67.2 Å². The van der Waals surface area contributed by atoms with Crippen molar-refractivity contribution in [1.82, 2.24) is 9.55 Å². The standard InChI is InChI=1S/C24H28N4O2/c1-16-7-6-10-27(14-16)23-20-8-4-5-9-21(20)28(24(30)26-23)15-22(29)25-19-12-17(2)11-18(3)13-19/h4-5,8-9,11-13,16H,6-7,10,14-15H2,1-3H3,(H,25,29)/t16-/m0/s1. The van der Waals surface area contributed by atoms with Gasteiger partial charge in [0.2, 0.25) is 5.91 Å². The largest absolute Gasteiger partial charge is 0.356 e. The van der Waals surface area contributed by atoms with Gasteiger partial charge >= 0.3 is 5.69 Å². The number of nitrogens with zero attached hydrogens (tertiary/aromatic N) is 3. The first kappa shape index (κ1) is 20.1. The number of para-hydroxylation sites is 1. The summed E-state index contributed by atoms with van der Waals surface area (Å²) in [7, 11) is 0. The maximum Gasteiger partial charge on any atom is 0.350 e. The van der Waals surface area contributed by atoms with Gasteiger partial charge < -0.3 is 10.2 Å². The van der Waals surface area contributed by atoms with Crippen LogP contribution in [0.3, 0.4) is 0 Å². The number of carbonyl (C=O) groups is 1. The van der Waals surface area contributed by atoms with E-state index in [4.69, 9.17) is 0 Å². The average Bonchev–Trinajstić information content (AvgIpc) is 2.69. The highest BCUT2D eigenvalue weighted by molar-refractivity contribution is 5.94. The number of amides is 1. The van der Waals surface area contributed by atoms with Crippen LogP contribution in [0.4, 0.5) is 11.5 Å². The molecule has 2 aromatic carbocycles. The zero-order chi connectivity index (χ0) is 21.3. The van der Waals surface area contributed by atoms with Gasteiger partial charge in [-0.2, -0.15) is 4.98 Å². The van der Waals surface area contributed by atoms with E-state index in [-0.39, 0.29) is 12.5 Å². The second-order valence-electron chi connectivity index (χ2n) is 8.44. The molecule has 6 nitrogen and oxygen atoms in total. The first-order chi connectivity index (χ1) is 14.4. The summed E-state index contributed by atoms with van der Waals surface area (Å²) in [4.78, 5) is 32.2. The Morgan fingerprint density at radius 3 is 2.63 bits per heavy atom. The van der Waals surface area contributed by atoms with Crippen LogP contribution in [0.15, 0.2) is 47.3 Å². The van der Waals surface area contributed by atoms with Crippen LogP contribution in [0.1, 0.15) is 30.9 Å². The van der Waals surface area contributed by atoms with Crippen molar-refractivity contribution in [2.75, 3.05) is 23.3 Å². The number of piperidine rings is 1. The van der Waals surface area contributed by atoms with E-state index in [1.807, 2.05) is 50.2 Å². The highest BCUT2D eigenvalue weighted by Gasteiger charge is 2.22. The highest BCUT2D eigenvalue weighted by Crippen LogP contribution is 2.27. The third-order valence-corrected chi connectivity index (χ3v) is 5.63. The fourth-order valence-corrected chi connectivity index (χ4v) is 4.38. The lowest BCUT2D eigenvalue weighted by Gasteiger charge is -2.32. The molecule has 1 amide bonds. The Kier molecular flexibility index (Phi) is 5.57. The van der Waals surface area contributed by atoms with Crippen molar-refractivity contribution in [2.24, 2.45) is 5.92 Å². The summed E-state index contributed by atoms with van der Waals surface area (Å²) in [6.07, 6.45) is 2.29. The molecule has 156 valence electrons. The van der Waals surface area contributed by atoms with E-state index in [9.17, 15) is 9.59 Å². The van der Waals surface area contributed by atoms with E-state index in [0.717, 1.165) is 53.0 Å². The number of hydrogen-bond acceptors (Lipinski definition) is 4. The molecule has 1 saturated heterocycles. The van der Waals surface area contributed by atoms with Gasteiger partial charge in [0.15, 0.2) is 0 Å². The number of rotatable bonds is 4. The molecule has 0 unspecified atom stereocenters. The Hall–Kier alpha value is -3.15. The molecule has 2 heterocycles. The Labute approximate surface area is 176 Å². The Balaban J connectivity index is 1.66. The van der Waals surface area contributed by atoms with E-state index in [0.29, 0.717) is 5.92 Å². The van der Waals surface area contributed by atoms with Crippen LogP contribution in [0.5, 0.6) is 0 Å². The van der Waals surface area contributed by atoms with Gasteiger partial charge in [-0.15, -0.1) is 0 Å². The predicted octanol–water partition coefficient (Wildman–Crippen LogP) is 3.89. The number of aryl methyl sites for hydroxylation is 2. The normalized spacial score (nSPS) is 16.6. The number of anilines is 2. The third kappa shape index (κ3) is 4.22. The molecule has 1 aliphatic rings. The zero-order valence-electron chi connectivity index (χ0n) is 17.8. The lowest BCUT2D eigenvalue weighted by atomic mass is 10.00. The average molecular weight is 405 g/mol. The fraction of sp³-hybridized carbons (Fsp3) is 0.375. The van der Waals surface area contributed by atoms with Gasteiger partial charge in [0.1, 0.15) is 12.4 Å². The van der Waals surface area contributed by atoms with Crippen molar-refractivity contribution in [1.29, 1.82) is 0 Å². The first-order valence-electron chi connectivity index (χ1n) is 10.5. The first-order valence-corrected chi connectivity index (χ1v) is 10.5. The number of fused-ring (bicyclic) bond motifs is 1. The van der Waals surface area contributed by atoms with Crippen molar-refractivity contribution in [3.63, 3.8) is 0 Å². The lowest BCUT2D eigenvalue weighted by molar-refractivity contribution is -0.116. The quantitative estimate of drug-likeness (QED) is 0.716. The van der Waals surface area contributed by atoms with E-state index in [1.165, 1.54) is 11.0 Å². The number of aromatic nitrogens is 2. The van der Waals surface area contributed by atoms with Crippen LogP contribution in [0, 0.1) is 19.8 Å². The van der Waals surface area contributed by atoms with Gasteiger partial charge in [-0.1, -0.05) is 25.1 Å². The van der Waals surface area contributed by atoms with E-state index >= 15 is 0 Å². The molecule has 4 rings (SSSR count). The third-order valence-electron chi connectivity index (χ3n) is 5.63. The van der Waals surface area contributed by atoms with Crippen LogP contribution in [-0.4, -0.2) is 28.5 Å². The van der Waals surface area contributed by atoms with Gasteiger partial charge in [-0.3, -0.25) is 9.36 Å². The van der Waals surface area contributed by atoms with Crippen LogP contribution < -0.4 is 15.9 Å². The molecule has 6 heteroatoms. The predicted molar refractivity (Wildman–Crippen MR) is 121 cm³/mol. The SMILES string of the molecule is Cc1cc(C)cc(NC(=O)Cn2c(=O)nc(N3CCC[C@H](C)C3)c3ccccc32)c1. The molecule has 0 bridgehead atoms. The Morgan fingerprint density at radius 2 is 1.90 bits per heavy atom. The molecule has 1 atom stereocenters. The molecular weight excluding hydrogens is 376 g/mol. The van der Waals surface area contributed by atoms with Crippen molar-refractivity contribution < 1.29 is 4.79 Å². The highest BCUT2D eigenvalue weighted by atomic mass is 16.2. The Bertz CT molecular complexity index is 1130. The molecule has 1 fully saturated rings. The van der Waals surface area contributed by atoms with E-state index < -0.39 is 5.69 Å². The molecule has 0 radical (unpaired) electrons. The summed E-state index contributed by atoms with van der Waals surface area (Å²) in [5, 5.41) is 3.82. The zero-order valence-corrected chi connectivity index (χ0v) is 17.8. The molecule has 1 N–H and O–H groups in total. The molecule has 1 aromatic heterocycles. The molecule has 0 saturated carbocycles. The number of carbonyl (C=O) groups excluding carboxylic acids is 1. The summed E-state index contributed by atoms with van der Waals surface area (Å²) >= 11 is 0.